The van der Waals surface area contributed by atoms with Crippen LogP contribution in [-0.4, -0.2) is 30.1 Å². The van der Waals surface area contributed by atoms with Crippen LogP contribution in [-0.2, 0) is 17.5 Å². The van der Waals surface area contributed by atoms with Gasteiger partial charge in [-0.05, 0) is 24.6 Å². The summed E-state index contributed by atoms with van der Waals surface area (Å²) in [6.45, 7) is 1.86. The second-order valence-corrected chi connectivity index (χ2v) is 6.94. The third kappa shape index (κ3) is 4.25. The second-order valence-electron chi connectivity index (χ2n) is 5.94. The Kier molecular flexibility index (Phi) is 5.89. The molecule has 2 aromatic heterocycles. The predicted molar refractivity (Wildman–Crippen MR) is 102 cm³/mol. The van der Waals surface area contributed by atoms with E-state index in [4.69, 9.17) is 9.47 Å². The molecule has 29 heavy (non-hydrogen) atoms. The summed E-state index contributed by atoms with van der Waals surface area (Å²) in [6.07, 6.45) is -4.55. The largest absolute Gasteiger partial charge is 0.480 e. The van der Waals surface area contributed by atoms with Crippen LogP contribution in [0.5, 0.6) is 5.88 Å². The van der Waals surface area contributed by atoms with Crippen molar-refractivity contribution >= 4 is 33.1 Å². The van der Waals surface area contributed by atoms with Crippen molar-refractivity contribution in [2.24, 2.45) is 0 Å². The standard InChI is InChI=1S/C18H17F3N4O3S/c1-9-13-16(28-3)22-12(8-27-2)23-17(13)29-14(9)15(26)25-24-11-7-5-4-6-10(11)18(19,20)21/h4-7,24H,8H2,1-3H3,(H,25,26). The monoisotopic (exact) mass is 426 g/mol. The van der Waals surface area contributed by atoms with Gasteiger partial charge in [-0.25, -0.2) is 4.98 Å². The number of nitrogens with one attached hydrogen (secondary N) is 2. The Balaban J connectivity index is 1.90. The van der Waals surface area contributed by atoms with Crippen molar-refractivity contribution in [2.75, 3.05) is 19.6 Å². The van der Waals surface area contributed by atoms with Gasteiger partial charge in [0.1, 0.15) is 11.4 Å². The van der Waals surface area contributed by atoms with Gasteiger partial charge < -0.3 is 9.47 Å². The van der Waals surface area contributed by atoms with Crippen LogP contribution < -0.4 is 15.6 Å². The average molecular weight is 426 g/mol. The number of anilines is 1. The molecule has 3 rings (SSSR count). The number of amides is 1. The summed E-state index contributed by atoms with van der Waals surface area (Å²) < 4.78 is 49.6. The number of thiophene rings is 1. The number of nitrogens with zero attached hydrogens (tertiary/aromatic N) is 2. The zero-order valence-corrected chi connectivity index (χ0v) is 16.5. The highest BCUT2D eigenvalue weighted by atomic mass is 32.1. The number of methoxy groups -OCH3 is 2. The minimum absolute atomic E-state index is 0.167. The topological polar surface area (TPSA) is 85.4 Å². The van der Waals surface area contributed by atoms with Crippen LogP contribution >= 0.6 is 11.3 Å². The number of carbonyl (C=O) groups is 1. The van der Waals surface area contributed by atoms with Crippen molar-refractivity contribution in [1.82, 2.24) is 15.4 Å². The van der Waals surface area contributed by atoms with E-state index in [0.29, 0.717) is 27.5 Å². The summed E-state index contributed by atoms with van der Waals surface area (Å²) >= 11 is 1.09. The fourth-order valence-corrected chi connectivity index (χ4v) is 3.81. The van der Waals surface area contributed by atoms with Crippen molar-refractivity contribution in [3.05, 3.63) is 46.1 Å². The molecule has 0 saturated heterocycles. The normalized spacial score (nSPS) is 11.5. The highest BCUT2D eigenvalue weighted by molar-refractivity contribution is 7.20. The first-order valence-corrected chi connectivity index (χ1v) is 9.13. The Bertz CT molecular complexity index is 1050. The molecular formula is C18H17F3N4O3S. The number of halogens is 3. The lowest BCUT2D eigenvalue weighted by molar-refractivity contribution is -0.137. The number of ether oxygens (including phenoxy) is 2. The zero-order chi connectivity index (χ0) is 21.2. The molecule has 0 saturated carbocycles. The third-order valence-electron chi connectivity index (χ3n) is 4.02. The van der Waals surface area contributed by atoms with Crippen molar-refractivity contribution in [2.45, 2.75) is 19.7 Å². The van der Waals surface area contributed by atoms with Crippen molar-refractivity contribution in [3.63, 3.8) is 0 Å². The molecule has 3 aromatic rings. The molecule has 0 unspecified atom stereocenters. The molecule has 0 fully saturated rings. The SMILES string of the molecule is COCc1nc(OC)c2c(C)c(C(=O)NNc3ccccc3C(F)(F)F)sc2n1. The van der Waals surface area contributed by atoms with Gasteiger partial charge in [0.05, 0.1) is 28.6 Å². The lowest BCUT2D eigenvalue weighted by Crippen LogP contribution is -2.30. The molecule has 0 bridgehead atoms. The maximum Gasteiger partial charge on any atom is 0.418 e. The first-order valence-electron chi connectivity index (χ1n) is 8.31. The second kappa shape index (κ2) is 8.21. The fraction of sp³-hybridized carbons (Fsp3) is 0.278. The number of hydrogen-bond acceptors (Lipinski definition) is 7. The molecule has 0 aliphatic carbocycles. The number of carbonyl (C=O) groups excluding carboxylic acids is 1. The lowest BCUT2D eigenvalue weighted by Gasteiger charge is -2.14. The minimum atomic E-state index is -4.55. The number of rotatable bonds is 6. The molecule has 1 aromatic carbocycles. The van der Waals surface area contributed by atoms with E-state index in [9.17, 15) is 18.0 Å². The van der Waals surface area contributed by atoms with E-state index in [-0.39, 0.29) is 17.2 Å². The van der Waals surface area contributed by atoms with Crippen molar-refractivity contribution in [1.29, 1.82) is 0 Å². The van der Waals surface area contributed by atoms with Gasteiger partial charge in [-0.1, -0.05) is 12.1 Å². The van der Waals surface area contributed by atoms with Gasteiger partial charge in [-0.3, -0.25) is 15.6 Å². The summed E-state index contributed by atoms with van der Waals surface area (Å²) in [7, 11) is 2.95. The molecule has 154 valence electrons. The number of para-hydroxylation sites is 1. The number of hydrazine groups is 1. The predicted octanol–water partition coefficient (Wildman–Crippen LogP) is 3.93. The summed E-state index contributed by atoms with van der Waals surface area (Å²) in [4.78, 5) is 22.0. The number of aryl methyl sites for hydroxylation is 1. The molecule has 0 aliphatic heterocycles. The Morgan fingerprint density at radius 3 is 2.59 bits per heavy atom. The van der Waals surface area contributed by atoms with Gasteiger partial charge in [0, 0.05) is 7.11 Å². The fourth-order valence-electron chi connectivity index (χ4n) is 2.72. The molecule has 7 nitrogen and oxygen atoms in total. The number of benzene rings is 1. The molecule has 1 amide bonds. The highest BCUT2D eigenvalue weighted by Crippen LogP contribution is 2.36. The van der Waals surface area contributed by atoms with Gasteiger partial charge in [0.15, 0.2) is 5.82 Å². The first-order chi connectivity index (χ1) is 13.8. The average Bonchev–Trinajstić information content (AvgIpc) is 3.02. The van der Waals surface area contributed by atoms with E-state index in [1.165, 1.54) is 32.4 Å². The highest BCUT2D eigenvalue weighted by Gasteiger charge is 2.33. The van der Waals surface area contributed by atoms with E-state index in [1.54, 1.807) is 6.92 Å². The van der Waals surface area contributed by atoms with E-state index in [2.05, 4.69) is 20.8 Å². The Hall–Kier alpha value is -2.92. The van der Waals surface area contributed by atoms with E-state index < -0.39 is 17.6 Å². The smallest absolute Gasteiger partial charge is 0.418 e. The van der Waals surface area contributed by atoms with Crippen molar-refractivity contribution < 1.29 is 27.4 Å². The number of alkyl halides is 3. The Morgan fingerprint density at radius 1 is 1.21 bits per heavy atom. The van der Waals surface area contributed by atoms with E-state index in [0.717, 1.165) is 17.4 Å². The van der Waals surface area contributed by atoms with Crippen LogP contribution in [0.25, 0.3) is 10.2 Å². The maximum atomic E-state index is 13.1. The van der Waals surface area contributed by atoms with Gasteiger partial charge in [-0.15, -0.1) is 11.3 Å². The van der Waals surface area contributed by atoms with Gasteiger partial charge in [-0.2, -0.15) is 18.2 Å². The van der Waals surface area contributed by atoms with Gasteiger partial charge in [0.2, 0.25) is 5.88 Å². The van der Waals surface area contributed by atoms with E-state index in [1.807, 2.05) is 0 Å². The lowest BCUT2D eigenvalue weighted by atomic mass is 10.2. The van der Waals surface area contributed by atoms with Crippen LogP contribution in [0.2, 0.25) is 0 Å². The number of fused-ring (bicyclic) bond motifs is 1. The van der Waals surface area contributed by atoms with Crippen LogP contribution in [0, 0.1) is 6.92 Å². The van der Waals surface area contributed by atoms with Gasteiger partial charge in [0.25, 0.3) is 5.91 Å². The third-order valence-corrected chi connectivity index (χ3v) is 5.20. The zero-order valence-electron chi connectivity index (χ0n) is 15.7. The molecule has 2 heterocycles. The number of hydrogen-bond donors (Lipinski definition) is 2. The van der Waals surface area contributed by atoms with Crippen molar-refractivity contribution in [3.8, 4) is 5.88 Å². The molecule has 0 spiro atoms. The first kappa shape index (κ1) is 20.8. The van der Waals surface area contributed by atoms with E-state index >= 15 is 0 Å². The Morgan fingerprint density at radius 2 is 1.93 bits per heavy atom. The molecule has 2 N–H and O–H groups in total. The number of aromatic nitrogens is 2. The van der Waals surface area contributed by atoms with Crippen LogP contribution in [0.1, 0.15) is 26.6 Å². The quantitative estimate of drug-likeness (QED) is 0.581. The summed E-state index contributed by atoms with van der Waals surface area (Å²) in [6, 6.07) is 4.87. The Labute approximate surface area is 167 Å². The van der Waals surface area contributed by atoms with Crippen LogP contribution in [0.4, 0.5) is 18.9 Å². The van der Waals surface area contributed by atoms with Crippen LogP contribution in [0.3, 0.4) is 0 Å². The van der Waals surface area contributed by atoms with Gasteiger partial charge >= 0.3 is 6.18 Å². The molecule has 11 heteroatoms. The molecule has 0 atom stereocenters. The summed E-state index contributed by atoms with van der Waals surface area (Å²) in [5.74, 6) is 0.0883. The minimum Gasteiger partial charge on any atom is -0.480 e. The molecule has 0 aliphatic rings. The summed E-state index contributed by atoms with van der Waals surface area (Å²) in [5.41, 5.74) is 4.09. The van der Waals surface area contributed by atoms with Crippen LogP contribution in [0.15, 0.2) is 24.3 Å². The maximum absolute atomic E-state index is 13.1. The summed E-state index contributed by atoms with van der Waals surface area (Å²) in [5, 5.41) is 0.568. The molecule has 0 radical (unpaired) electrons. The molecular weight excluding hydrogens is 409 g/mol.